The summed E-state index contributed by atoms with van der Waals surface area (Å²) in [6.07, 6.45) is 12.0. The Morgan fingerprint density at radius 2 is 1.24 bits per heavy atom. The van der Waals surface area contributed by atoms with Gasteiger partial charge in [-0.1, -0.05) is 109 Å². The number of nitrogens with one attached hydrogen (secondary N) is 1. The first kappa shape index (κ1) is 31.7. The number of hydrogen-bond acceptors (Lipinski definition) is 4. The molecule has 1 aliphatic carbocycles. The molecular formula is C47H36N4. The van der Waals surface area contributed by atoms with Gasteiger partial charge in [-0.2, -0.15) is 0 Å². The molecule has 1 N–H and O–H groups in total. The number of pyridine rings is 3. The Hall–Kier alpha value is -6.52. The van der Waals surface area contributed by atoms with Gasteiger partial charge in [-0.05, 0) is 118 Å². The van der Waals surface area contributed by atoms with Crippen molar-refractivity contribution in [3.05, 3.63) is 227 Å². The Labute approximate surface area is 299 Å². The van der Waals surface area contributed by atoms with Crippen LogP contribution in [0.5, 0.6) is 0 Å². The zero-order valence-electron chi connectivity index (χ0n) is 28.4. The van der Waals surface area contributed by atoms with Crippen LogP contribution in [0.15, 0.2) is 188 Å². The molecule has 4 heteroatoms. The lowest BCUT2D eigenvalue weighted by Crippen LogP contribution is -2.28. The molecular weight excluding hydrogens is 621 g/mol. The van der Waals surface area contributed by atoms with E-state index in [2.05, 4.69) is 131 Å². The van der Waals surface area contributed by atoms with Crippen LogP contribution in [0, 0.1) is 5.41 Å². The van der Waals surface area contributed by atoms with E-state index in [1.165, 1.54) is 33.4 Å². The third-order valence-electron chi connectivity index (χ3n) is 9.79. The Balaban J connectivity index is 1.38. The highest BCUT2D eigenvalue weighted by molar-refractivity contribution is 6.06. The van der Waals surface area contributed by atoms with Gasteiger partial charge in [0.1, 0.15) is 0 Å². The molecule has 0 aliphatic heterocycles. The topological polar surface area (TPSA) is 62.5 Å². The van der Waals surface area contributed by atoms with Crippen molar-refractivity contribution in [2.45, 2.75) is 18.8 Å². The number of benzene rings is 4. The Kier molecular flexibility index (Phi) is 8.57. The highest BCUT2D eigenvalue weighted by Gasteiger charge is 2.46. The number of nitrogens with zero attached hydrogens (tertiary/aromatic N) is 3. The van der Waals surface area contributed by atoms with Crippen molar-refractivity contribution < 1.29 is 0 Å². The minimum Gasteiger partial charge on any atom is -0.299 e. The summed E-state index contributed by atoms with van der Waals surface area (Å²) in [6, 6.07) is 51.2. The Bertz CT molecular complexity index is 2340. The van der Waals surface area contributed by atoms with Crippen molar-refractivity contribution in [2.75, 3.05) is 0 Å². The van der Waals surface area contributed by atoms with Gasteiger partial charge in [-0.3, -0.25) is 20.4 Å². The summed E-state index contributed by atoms with van der Waals surface area (Å²) >= 11 is 0. The third kappa shape index (κ3) is 5.91. The average Bonchev–Trinajstić information content (AvgIpc) is 3.49. The van der Waals surface area contributed by atoms with Crippen molar-refractivity contribution in [3.8, 4) is 22.3 Å². The van der Waals surface area contributed by atoms with Gasteiger partial charge in [0.25, 0.3) is 0 Å². The molecule has 51 heavy (non-hydrogen) atoms. The molecule has 4 aromatic carbocycles. The van der Waals surface area contributed by atoms with E-state index in [4.69, 9.17) is 5.41 Å². The van der Waals surface area contributed by atoms with Crippen LogP contribution in [0.2, 0.25) is 0 Å². The van der Waals surface area contributed by atoms with Crippen LogP contribution in [0.25, 0.3) is 27.8 Å². The number of hydrogen-bond donors (Lipinski definition) is 1. The van der Waals surface area contributed by atoms with Crippen LogP contribution >= 0.6 is 0 Å². The fourth-order valence-corrected chi connectivity index (χ4v) is 7.56. The number of fused-ring (bicyclic) bond motifs is 3. The van der Waals surface area contributed by atoms with E-state index in [1.54, 1.807) is 6.20 Å². The summed E-state index contributed by atoms with van der Waals surface area (Å²) < 4.78 is 0. The summed E-state index contributed by atoms with van der Waals surface area (Å²) in [5.74, 6) is 0. The first-order valence-corrected chi connectivity index (χ1v) is 17.2. The van der Waals surface area contributed by atoms with E-state index < -0.39 is 5.41 Å². The average molecular weight is 657 g/mol. The maximum atomic E-state index is 9.06. The molecule has 0 saturated heterocycles. The third-order valence-corrected chi connectivity index (χ3v) is 9.79. The van der Waals surface area contributed by atoms with Crippen LogP contribution in [-0.2, 0) is 11.8 Å². The maximum Gasteiger partial charge on any atom is 0.0878 e. The van der Waals surface area contributed by atoms with Crippen LogP contribution < -0.4 is 0 Å². The molecule has 0 spiro atoms. The maximum absolute atomic E-state index is 9.06. The fourth-order valence-electron chi connectivity index (χ4n) is 7.56. The monoisotopic (exact) mass is 656 g/mol. The van der Waals surface area contributed by atoms with Crippen LogP contribution in [0.1, 0.15) is 46.1 Å². The molecule has 8 rings (SSSR count). The van der Waals surface area contributed by atoms with Crippen LogP contribution in [0.3, 0.4) is 0 Å². The van der Waals surface area contributed by atoms with Crippen molar-refractivity contribution >= 4 is 11.3 Å². The van der Waals surface area contributed by atoms with Crippen LogP contribution in [0.4, 0.5) is 0 Å². The molecule has 0 radical (unpaired) electrons. The van der Waals surface area contributed by atoms with E-state index in [0.29, 0.717) is 17.8 Å². The van der Waals surface area contributed by atoms with Crippen molar-refractivity contribution in [1.82, 2.24) is 15.0 Å². The lowest BCUT2D eigenvalue weighted by Gasteiger charge is -2.34. The molecule has 3 aromatic heterocycles. The smallest absolute Gasteiger partial charge is 0.0878 e. The summed E-state index contributed by atoms with van der Waals surface area (Å²) in [5, 5.41) is 9.06. The molecule has 0 saturated carbocycles. The second-order valence-corrected chi connectivity index (χ2v) is 12.9. The molecule has 3 heterocycles. The lowest BCUT2D eigenvalue weighted by atomic mass is 9.67. The zero-order chi connectivity index (χ0) is 34.6. The van der Waals surface area contributed by atoms with E-state index >= 15 is 0 Å². The van der Waals surface area contributed by atoms with E-state index in [9.17, 15) is 0 Å². The standard InChI is InChI=1S/C47H36N4/c1-33(45-22-10-12-25-50-45)27-34(29-44(48)46-23-11-13-26-51-46)28-36-30-41-39-20-8-9-21-42(39)47(37-16-4-2-5-17-37,38-18-6-3-7-19-38)43(41)31-40(36)35-15-14-24-49-32-35/h2-27,29-32,48H,28H2,1H3/b33-27+,34-29+,48-44?. The minimum absolute atomic E-state index is 0.359. The molecule has 1 aliphatic rings. The predicted molar refractivity (Wildman–Crippen MR) is 208 cm³/mol. The van der Waals surface area contributed by atoms with E-state index in [0.717, 1.165) is 33.5 Å². The summed E-state index contributed by atoms with van der Waals surface area (Å²) in [5.41, 5.74) is 14.1. The molecule has 0 unspecified atom stereocenters. The number of allylic oxidation sites excluding steroid dienone is 4. The van der Waals surface area contributed by atoms with Gasteiger partial charge in [0.05, 0.1) is 22.5 Å². The highest BCUT2D eigenvalue weighted by Crippen LogP contribution is 2.57. The fraction of sp³-hybridized carbons (Fsp3) is 0.0638. The van der Waals surface area contributed by atoms with Crippen LogP contribution in [-0.4, -0.2) is 20.7 Å². The molecule has 0 fully saturated rings. The quantitative estimate of drug-likeness (QED) is 0.124. The van der Waals surface area contributed by atoms with Gasteiger partial charge in [0, 0.05) is 30.4 Å². The zero-order valence-corrected chi connectivity index (χ0v) is 28.4. The van der Waals surface area contributed by atoms with Crippen molar-refractivity contribution in [3.63, 3.8) is 0 Å². The van der Waals surface area contributed by atoms with E-state index in [1.807, 2.05) is 67.1 Å². The second kappa shape index (κ2) is 13.8. The first-order chi connectivity index (χ1) is 25.1. The van der Waals surface area contributed by atoms with Gasteiger partial charge >= 0.3 is 0 Å². The largest absolute Gasteiger partial charge is 0.299 e. The Morgan fingerprint density at radius 3 is 1.88 bits per heavy atom. The summed E-state index contributed by atoms with van der Waals surface area (Å²) in [7, 11) is 0. The SMILES string of the molecule is C/C(=C\C(=C/C(=N)c1ccccn1)Cc1cc2c(cc1-c1cccnc1)C(c1ccccc1)(c1ccccc1)c1ccccc1-2)c1ccccn1. The molecule has 0 atom stereocenters. The second-order valence-electron chi connectivity index (χ2n) is 12.9. The van der Waals surface area contributed by atoms with Gasteiger partial charge in [0.15, 0.2) is 0 Å². The van der Waals surface area contributed by atoms with Crippen molar-refractivity contribution in [1.29, 1.82) is 5.41 Å². The van der Waals surface area contributed by atoms with Gasteiger partial charge in [0.2, 0.25) is 0 Å². The van der Waals surface area contributed by atoms with Gasteiger partial charge in [-0.25, -0.2) is 0 Å². The number of rotatable bonds is 9. The molecule has 0 bridgehead atoms. The normalized spacial score (nSPS) is 13.4. The molecule has 0 amide bonds. The lowest BCUT2D eigenvalue weighted by molar-refractivity contribution is 0.768. The molecule has 7 aromatic rings. The Morgan fingerprint density at radius 1 is 0.588 bits per heavy atom. The summed E-state index contributed by atoms with van der Waals surface area (Å²) in [4.78, 5) is 13.7. The van der Waals surface area contributed by atoms with E-state index in [-0.39, 0.29) is 0 Å². The molecule has 244 valence electrons. The highest BCUT2D eigenvalue weighted by atomic mass is 14.7. The molecule has 4 nitrogen and oxygen atoms in total. The van der Waals surface area contributed by atoms with Crippen molar-refractivity contribution in [2.24, 2.45) is 0 Å². The number of aromatic nitrogens is 3. The first-order valence-electron chi connectivity index (χ1n) is 17.2. The van der Waals surface area contributed by atoms with Gasteiger partial charge < -0.3 is 0 Å². The van der Waals surface area contributed by atoms with Gasteiger partial charge in [-0.15, -0.1) is 0 Å². The minimum atomic E-state index is -0.515. The summed E-state index contributed by atoms with van der Waals surface area (Å²) in [6.45, 7) is 2.08. The predicted octanol–water partition coefficient (Wildman–Crippen LogP) is 10.5.